The summed E-state index contributed by atoms with van der Waals surface area (Å²) in [7, 11) is 0. The molecule has 1 aliphatic rings. The number of fused-ring (bicyclic) bond motifs is 1. The van der Waals surface area contributed by atoms with Crippen LogP contribution in [0.25, 0.3) is 0 Å². The van der Waals surface area contributed by atoms with Gasteiger partial charge in [0.1, 0.15) is 18.5 Å². The summed E-state index contributed by atoms with van der Waals surface area (Å²) in [4.78, 5) is 13.3. The molecule has 3 rings (SSSR count). The van der Waals surface area contributed by atoms with Gasteiger partial charge in [-0.25, -0.2) is 0 Å². The van der Waals surface area contributed by atoms with E-state index >= 15 is 0 Å². The van der Waals surface area contributed by atoms with Crippen molar-refractivity contribution in [1.29, 1.82) is 0 Å². The van der Waals surface area contributed by atoms with Crippen LogP contribution in [0.4, 0.5) is 0 Å². The molecule has 2 aromatic rings. The monoisotopic (exact) mass is 331 g/mol. The van der Waals surface area contributed by atoms with Crippen LogP contribution in [0.2, 0.25) is 0 Å². The highest BCUT2D eigenvalue weighted by molar-refractivity contribution is 7.10. The molecule has 1 aromatic carbocycles. The lowest BCUT2D eigenvalue weighted by atomic mass is 10.1. The molecule has 0 saturated heterocycles. The number of ether oxygens (including phenoxy) is 2. The number of thiophene rings is 1. The first-order chi connectivity index (χ1) is 11.2. The molecular formula is C18H21NO3S. The Bertz CT molecular complexity index is 668. The van der Waals surface area contributed by atoms with Gasteiger partial charge in [0.15, 0.2) is 0 Å². The summed E-state index contributed by atoms with van der Waals surface area (Å²) in [6.07, 6.45) is 1.22. The largest absolute Gasteiger partial charge is 0.492 e. The van der Waals surface area contributed by atoms with Crippen molar-refractivity contribution in [2.45, 2.75) is 25.9 Å². The van der Waals surface area contributed by atoms with Crippen LogP contribution in [0.1, 0.15) is 28.5 Å². The maximum absolute atomic E-state index is 12.1. The number of amides is 1. The van der Waals surface area contributed by atoms with Gasteiger partial charge in [-0.05, 0) is 48.1 Å². The summed E-state index contributed by atoms with van der Waals surface area (Å²) in [5, 5.41) is 4.97. The first-order valence-electron chi connectivity index (χ1n) is 7.86. The van der Waals surface area contributed by atoms with Crippen LogP contribution in [-0.4, -0.2) is 25.7 Å². The van der Waals surface area contributed by atoms with Crippen molar-refractivity contribution >= 4 is 17.2 Å². The van der Waals surface area contributed by atoms with Crippen LogP contribution in [0.3, 0.4) is 0 Å². The van der Waals surface area contributed by atoms with E-state index in [4.69, 9.17) is 9.47 Å². The summed E-state index contributed by atoms with van der Waals surface area (Å²) in [5.41, 5.74) is 2.48. The molecule has 0 fully saturated rings. The second-order valence-corrected chi connectivity index (χ2v) is 6.59. The molecule has 4 nitrogen and oxygen atoms in total. The SMILES string of the molecule is Cc1cccc(OCCNC(=O)CC2OCCc3ccsc32)c1. The third-order valence-electron chi connectivity index (χ3n) is 3.82. The lowest BCUT2D eigenvalue weighted by Crippen LogP contribution is -2.30. The fraction of sp³-hybridized carbons (Fsp3) is 0.389. The molecule has 1 aromatic heterocycles. The third-order valence-corrected chi connectivity index (χ3v) is 4.87. The fourth-order valence-electron chi connectivity index (χ4n) is 2.68. The second-order valence-electron chi connectivity index (χ2n) is 5.64. The van der Waals surface area contributed by atoms with Crippen LogP contribution in [0.15, 0.2) is 35.7 Å². The van der Waals surface area contributed by atoms with Crippen molar-refractivity contribution in [2.24, 2.45) is 0 Å². The maximum atomic E-state index is 12.1. The van der Waals surface area contributed by atoms with E-state index < -0.39 is 0 Å². The Balaban J connectivity index is 1.41. The van der Waals surface area contributed by atoms with E-state index in [1.54, 1.807) is 11.3 Å². The lowest BCUT2D eigenvalue weighted by molar-refractivity contribution is -0.124. The normalized spacial score (nSPS) is 16.7. The zero-order chi connectivity index (χ0) is 16.1. The molecule has 2 heterocycles. The zero-order valence-electron chi connectivity index (χ0n) is 13.2. The predicted octanol–water partition coefficient (Wildman–Crippen LogP) is 3.26. The molecule has 1 N–H and O–H groups in total. The van der Waals surface area contributed by atoms with Gasteiger partial charge >= 0.3 is 0 Å². The number of carbonyl (C=O) groups is 1. The highest BCUT2D eigenvalue weighted by atomic mass is 32.1. The Morgan fingerprint density at radius 3 is 3.22 bits per heavy atom. The standard InChI is InChI=1S/C18H21NO3S/c1-13-3-2-4-15(11-13)21-9-7-19-17(20)12-16-18-14(5-8-22-16)6-10-23-18/h2-4,6,10-11,16H,5,7-9,12H2,1H3,(H,19,20). The highest BCUT2D eigenvalue weighted by Crippen LogP contribution is 2.33. The van der Waals surface area contributed by atoms with Crippen LogP contribution >= 0.6 is 11.3 Å². The van der Waals surface area contributed by atoms with E-state index in [0.717, 1.165) is 17.7 Å². The molecule has 5 heteroatoms. The summed E-state index contributed by atoms with van der Waals surface area (Å²) in [6.45, 7) is 3.68. The second kappa shape index (κ2) is 7.62. The number of hydrogen-bond acceptors (Lipinski definition) is 4. The number of aryl methyl sites for hydroxylation is 1. The molecule has 1 aliphatic heterocycles. The highest BCUT2D eigenvalue weighted by Gasteiger charge is 2.24. The number of rotatable bonds is 6. The molecule has 0 saturated carbocycles. The van der Waals surface area contributed by atoms with E-state index in [-0.39, 0.29) is 12.0 Å². The van der Waals surface area contributed by atoms with Gasteiger partial charge in [0.25, 0.3) is 0 Å². The zero-order valence-corrected chi connectivity index (χ0v) is 14.0. The molecule has 1 amide bonds. The number of nitrogens with one attached hydrogen (secondary N) is 1. The van der Waals surface area contributed by atoms with Crippen LogP contribution in [-0.2, 0) is 16.0 Å². The predicted molar refractivity (Wildman–Crippen MR) is 91.0 cm³/mol. The minimum Gasteiger partial charge on any atom is -0.492 e. The Morgan fingerprint density at radius 2 is 2.35 bits per heavy atom. The summed E-state index contributed by atoms with van der Waals surface area (Å²) in [6, 6.07) is 10.0. The molecule has 1 unspecified atom stereocenters. The fourth-order valence-corrected chi connectivity index (χ4v) is 3.68. The van der Waals surface area contributed by atoms with Crippen molar-refractivity contribution in [3.8, 4) is 5.75 Å². The molecule has 23 heavy (non-hydrogen) atoms. The van der Waals surface area contributed by atoms with Gasteiger partial charge in [-0.1, -0.05) is 12.1 Å². The summed E-state index contributed by atoms with van der Waals surface area (Å²) >= 11 is 1.67. The lowest BCUT2D eigenvalue weighted by Gasteiger charge is -2.22. The van der Waals surface area contributed by atoms with Crippen molar-refractivity contribution in [1.82, 2.24) is 5.32 Å². The van der Waals surface area contributed by atoms with Crippen LogP contribution in [0.5, 0.6) is 5.75 Å². The first-order valence-corrected chi connectivity index (χ1v) is 8.74. The van der Waals surface area contributed by atoms with E-state index in [9.17, 15) is 4.79 Å². The Kier molecular flexibility index (Phi) is 5.31. The smallest absolute Gasteiger partial charge is 0.223 e. The first kappa shape index (κ1) is 16.0. The van der Waals surface area contributed by atoms with Crippen molar-refractivity contribution in [2.75, 3.05) is 19.8 Å². The van der Waals surface area contributed by atoms with Crippen molar-refractivity contribution in [3.05, 3.63) is 51.7 Å². The molecule has 1 atom stereocenters. The number of carbonyl (C=O) groups excluding carboxylic acids is 1. The van der Waals surface area contributed by atoms with Crippen molar-refractivity contribution in [3.63, 3.8) is 0 Å². The third kappa shape index (κ3) is 4.33. The van der Waals surface area contributed by atoms with Gasteiger partial charge in [-0.15, -0.1) is 11.3 Å². The molecule has 0 spiro atoms. The van der Waals surface area contributed by atoms with E-state index in [2.05, 4.69) is 16.8 Å². The van der Waals surface area contributed by atoms with Gasteiger partial charge < -0.3 is 14.8 Å². The maximum Gasteiger partial charge on any atom is 0.223 e. The molecule has 122 valence electrons. The van der Waals surface area contributed by atoms with E-state index in [0.29, 0.717) is 26.2 Å². The summed E-state index contributed by atoms with van der Waals surface area (Å²) in [5.74, 6) is 0.835. The van der Waals surface area contributed by atoms with E-state index in [1.165, 1.54) is 10.4 Å². The number of hydrogen-bond donors (Lipinski definition) is 1. The van der Waals surface area contributed by atoms with Gasteiger partial charge in [-0.2, -0.15) is 0 Å². The van der Waals surface area contributed by atoms with Gasteiger partial charge in [-0.3, -0.25) is 4.79 Å². The molecule has 0 bridgehead atoms. The average molecular weight is 331 g/mol. The molecular weight excluding hydrogens is 310 g/mol. The van der Waals surface area contributed by atoms with Gasteiger partial charge in [0.2, 0.25) is 5.91 Å². The minimum absolute atomic E-state index is 0.00379. The van der Waals surface area contributed by atoms with Gasteiger partial charge in [0, 0.05) is 4.88 Å². The Morgan fingerprint density at radius 1 is 1.43 bits per heavy atom. The van der Waals surface area contributed by atoms with Crippen molar-refractivity contribution < 1.29 is 14.3 Å². The number of benzene rings is 1. The minimum atomic E-state index is -0.101. The Labute approximate surface area is 140 Å². The average Bonchev–Trinajstić information content (AvgIpc) is 3.01. The van der Waals surface area contributed by atoms with Crippen LogP contribution in [0, 0.1) is 6.92 Å². The molecule has 0 aliphatic carbocycles. The van der Waals surface area contributed by atoms with Gasteiger partial charge in [0.05, 0.1) is 19.6 Å². The topological polar surface area (TPSA) is 47.6 Å². The summed E-state index contributed by atoms with van der Waals surface area (Å²) < 4.78 is 11.4. The Hall–Kier alpha value is -1.85. The van der Waals surface area contributed by atoms with E-state index in [1.807, 2.05) is 31.2 Å². The van der Waals surface area contributed by atoms with Crippen LogP contribution < -0.4 is 10.1 Å². The quantitative estimate of drug-likeness (QED) is 0.827. The molecule has 0 radical (unpaired) electrons.